The maximum Gasteiger partial charge on any atom is 0.155 e. The molecule has 1 heteroatoms. The summed E-state index contributed by atoms with van der Waals surface area (Å²) in [6, 6.07) is 14.6. The smallest absolute Gasteiger partial charge is 0.155 e. The van der Waals surface area contributed by atoms with Crippen LogP contribution in [0, 0.1) is 0 Å². The summed E-state index contributed by atoms with van der Waals surface area (Å²) in [6.07, 6.45) is 4.57. The van der Waals surface area contributed by atoms with Gasteiger partial charge in [0.05, 0.1) is 0 Å². The zero-order valence-corrected chi connectivity index (χ0v) is 11.0. The minimum Gasteiger partial charge on any atom is -0.295 e. The van der Waals surface area contributed by atoms with Crippen LogP contribution in [-0.2, 0) is 4.79 Å². The van der Waals surface area contributed by atoms with E-state index in [0.29, 0.717) is 6.42 Å². The molecule has 0 aliphatic carbocycles. The molecule has 0 saturated carbocycles. The minimum atomic E-state index is 0.0833. The molecule has 2 aromatic carbocycles. The van der Waals surface area contributed by atoms with Crippen molar-refractivity contribution in [2.75, 3.05) is 0 Å². The molecular formula is C18H18O. The average molecular weight is 250 g/mol. The second kappa shape index (κ2) is 6.14. The van der Waals surface area contributed by atoms with Gasteiger partial charge in [-0.2, -0.15) is 0 Å². The lowest BCUT2D eigenvalue weighted by molar-refractivity contribution is -0.114. The topological polar surface area (TPSA) is 17.1 Å². The van der Waals surface area contributed by atoms with Crippen LogP contribution in [0.1, 0.15) is 24.3 Å². The first-order valence-electron chi connectivity index (χ1n) is 6.49. The first kappa shape index (κ1) is 13.3. The Labute approximate surface area is 114 Å². The number of carbonyl (C=O) groups is 1. The van der Waals surface area contributed by atoms with Gasteiger partial charge in [0.2, 0.25) is 0 Å². The molecule has 19 heavy (non-hydrogen) atoms. The number of benzene rings is 2. The van der Waals surface area contributed by atoms with Crippen molar-refractivity contribution in [3.05, 3.63) is 73.3 Å². The summed E-state index contributed by atoms with van der Waals surface area (Å²) >= 11 is 0. The Kier molecular flexibility index (Phi) is 4.30. The summed E-state index contributed by atoms with van der Waals surface area (Å²) in [5, 5.41) is 2.43. The monoisotopic (exact) mass is 250 g/mol. The number of allylic oxidation sites excluding steroid dienone is 2. The molecule has 0 unspecified atom stereocenters. The van der Waals surface area contributed by atoms with Crippen molar-refractivity contribution in [3.63, 3.8) is 0 Å². The van der Waals surface area contributed by atoms with Crippen LogP contribution in [0.5, 0.6) is 0 Å². The third-order valence-corrected chi connectivity index (χ3v) is 3.37. The summed E-state index contributed by atoms with van der Waals surface area (Å²) in [5.74, 6) is 0.271. The van der Waals surface area contributed by atoms with Crippen molar-refractivity contribution in [2.45, 2.75) is 18.8 Å². The maximum atomic E-state index is 11.6. The Bertz CT molecular complexity index is 610. The molecule has 0 aromatic heterocycles. The van der Waals surface area contributed by atoms with Gasteiger partial charge < -0.3 is 0 Å². The van der Waals surface area contributed by atoms with Crippen LogP contribution in [0.15, 0.2) is 67.8 Å². The predicted octanol–water partition coefficient (Wildman–Crippen LogP) is 4.64. The third-order valence-electron chi connectivity index (χ3n) is 3.37. The molecule has 1 atom stereocenters. The Balaban J connectivity index is 2.35. The van der Waals surface area contributed by atoms with Crippen molar-refractivity contribution >= 4 is 16.6 Å². The molecule has 2 aromatic rings. The number of fused-ring (bicyclic) bond motifs is 1. The van der Waals surface area contributed by atoms with E-state index in [0.717, 1.165) is 6.42 Å². The van der Waals surface area contributed by atoms with Gasteiger partial charge in [-0.15, -0.1) is 6.58 Å². The molecule has 0 spiro atoms. The van der Waals surface area contributed by atoms with E-state index in [1.54, 1.807) is 0 Å². The van der Waals surface area contributed by atoms with Gasteiger partial charge in [-0.1, -0.05) is 55.1 Å². The summed E-state index contributed by atoms with van der Waals surface area (Å²) in [6.45, 7) is 7.33. The van der Waals surface area contributed by atoms with Crippen LogP contribution in [0.2, 0.25) is 0 Å². The summed E-state index contributed by atoms with van der Waals surface area (Å²) in [7, 11) is 0. The van der Waals surface area contributed by atoms with Gasteiger partial charge in [-0.25, -0.2) is 0 Å². The first-order chi connectivity index (χ1) is 9.24. The van der Waals surface area contributed by atoms with Crippen molar-refractivity contribution in [3.8, 4) is 0 Å². The van der Waals surface area contributed by atoms with Crippen LogP contribution in [0.3, 0.4) is 0 Å². The highest BCUT2D eigenvalue weighted by atomic mass is 16.1. The molecule has 0 heterocycles. The molecule has 0 saturated heterocycles. The number of rotatable bonds is 6. The van der Waals surface area contributed by atoms with Gasteiger partial charge in [0.15, 0.2) is 5.78 Å². The zero-order valence-electron chi connectivity index (χ0n) is 11.0. The fourth-order valence-electron chi connectivity index (χ4n) is 2.33. The van der Waals surface area contributed by atoms with Crippen molar-refractivity contribution in [1.82, 2.24) is 0 Å². The van der Waals surface area contributed by atoms with Crippen LogP contribution in [0.4, 0.5) is 0 Å². The molecule has 0 N–H and O–H groups in total. The normalized spacial score (nSPS) is 12.0. The Hall–Kier alpha value is -2.15. The largest absolute Gasteiger partial charge is 0.295 e. The number of hydrogen-bond donors (Lipinski definition) is 0. The molecule has 0 aliphatic heterocycles. The zero-order chi connectivity index (χ0) is 13.7. The summed E-state index contributed by atoms with van der Waals surface area (Å²) in [5.41, 5.74) is 1.19. The summed E-state index contributed by atoms with van der Waals surface area (Å²) in [4.78, 5) is 11.6. The highest BCUT2D eigenvalue weighted by Gasteiger charge is 2.13. The van der Waals surface area contributed by atoms with Crippen molar-refractivity contribution < 1.29 is 4.79 Å². The van der Waals surface area contributed by atoms with E-state index in [1.807, 2.05) is 18.2 Å². The molecule has 1 nitrogen and oxygen atoms in total. The Morgan fingerprint density at radius 2 is 1.84 bits per heavy atom. The summed E-state index contributed by atoms with van der Waals surface area (Å²) < 4.78 is 0. The quantitative estimate of drug-likeness (QED) is 0.539. The van der Waals surface area contributed by atoms with Gasteiger partial charge >= 0.3 is 0 Å². The number of carbonyl (C=O) groups excluding carboxylic acids is 1. The molecule has 0 bridgehead atoms. The van der Waals surface area contributed by atoms with Gasteiger partial charge in [0.25, 0.3) is 0 Å². The highest BCUT2D eigenvalue weighted by molar-refractivity contribution is 5.90. The molecular weight excluding hydrogens is 232 g/mol. The lowest BCUT2D eigenvalue weighted by Crippen LogP contribution is -2.04. The van der Waals surface area contributed by atoms with E-state index >= 15 is 0 Å². The van der Waals surface area contributed by atoms with E-state index < -0.39 is 0 Å². The van der Waals surface area contributed by atoms with E-state index in [9.17, 15) is 4.79 Å². The van der Waals surface area contributed by atoms with Crippen LogP contribution in [-0.4, -0.2) is 5.78 Å². The van der Waals surface area contributed by atoms with Crippen LogP contribution < -0.4 is 0 Å². The maximum absolute atomic E-state index is 11.6. The second-order valence-electron chi connectivity index (χ2n) is 4.70. The standard InChI is InChI=1S/C18H18O/c1-3-7-15(13-18(19)4-2)17-11-10-14-8-5-6-9-16(14)12-17/h3-6,8-12,15H,1-2,7,13H2/t15-/m0/s1. The Morgan fingerprint density at radius 1 is 1.11 bits per heavy atom. The van der Waals surface area contributed by atoms with E-state index in [1.165, 1.54) is 22.4 Å². The SMILES string of the molecule is C=CC[C@@H](CC(=O)C=C)c1ccc2ccccc2c1. The van der Waals surface area contributed by atoms with Crippen molar-refractivity contribution in [2.24, 2.45) is 0 Å². The molecule has 0 aliphatic rings. The van der Waals surface area contributed by atoms with Crippen LogP contribution in [0.25, 0.3) is 10.8 Å². The van der Waals surface area contributed by atoms with E-state index in [-0.39, 0.29) is 11.7 Å². The van der Waals surface area contributed by atoms with Crippen LogP contribution >= 0.6 is 0 Å². The number of hydrogen-bond acceptors (Lipinski definition) is 1. The number of ketones is 1. The molecule has 96 valence electrons. The third kappa shape index (κ3) is 3.19. The van der Waals surface area contributed by atoms with Gasteiger partial charge in [0, 0.05) is 6.42 Å². The molecule has 2 rings (SSSR count). The van der Waals surface area contributed by atoms with E-state index in [2.05, 4.69) is 43.5 Å². The van der Waals surface area contributed by atoms with Crippen molar-refractivity contribution in [1.29, 1.82) is 0 Å². The molecule has 0 radical (unpaired) electrons. The van der Waals surface area contributed by atoms with Gasteiger partial charge in [-0.05, 0) is 34.8 Å². The predicted molar refractivity (Wildman–Crippen MR) is 81.3 cm³/mol. The average Bonchev–Trinajstić information content (AvgIpc) is 2.46. The highest BCUT2D eigenvalue weighted by Crippen LogP contribution is 2.27. The lowest BCUT2D eigenvalue weighted by atomic mass is 9.89. The van der Waals surface area contributed by atoms with Gasteiger partial charge in [-0.3, -0.25) is 4.79 Å². The van der Waals surface area contributed by atoms with E-state index in [4.69, 9.17) is 0 Å². The fraction of sp³-hybridized carbons (Fsp3) is 0.167. The second-order valence-corrected chi connectivity index (χ2v) is 4.70. The Morgan fingerprint density at radius 3 is 2.53 bits per heavy atom. The molecule has 0 fully saturated rings. The molecule has 0 amide bonds. The van der Waals surface area contributed by atoms with Gasteiger partial charge in [0.1, 0.15) is 0 Å². The fourth-order valence-corrected chi connectivity index (χ4v) is 2.33. The minimum absolute atomic E-state index is 0.0833. The lowest BCUT2D eigenvalue weighted by Gasteiger charge is -2.14. The first-order valence-corrected chi connectivity index (χ1v) is 6.49.